The molecule has 0 aromatic heterocycles. The first-order valence-corrected chi connectivity index (χ1v) is 20.5. The van der Waals surface area contributed by atoms with Crippen molar-refractivity contribution < 1.29 is 37.3 Å². The number of carbonyl (C=O) groups is 1. The molecule has 2 atom stereocenters. The van der Waals surface area contributed by atoms with Gasteiger partial charge in [-0.05, 0) is 57.8 Å². The van der Waals surface area contributed by atoms with E-state index in [1.54, 1.807) is 0 Å². The average molecular weight is 688 g/mol. The van der Waals surface area contributed by atoms with Crippen LogP contribution in [0.15, 0.2) is 24.3 Å². The monoisotopic (exact) mass is 688 g/mol. The van der Waals surface area contributed by atoms with Crippen LogP contribution in [0.1, 0.15) is 155 Å². The smallest absolute Gasteiger partial charge is 0.306 e. The molecule has 0 radical (unpaired) electrons. The Morgan fingerprint density at radius 2 is 1.13 bits per heavy atom. The number of carbonyl (C=O) groups excluding carboxylic acids is 1. The molecule has 2 unspecified atom stereocenters. The lowest BCUT2D eigenvalue weighted by atomic mass is 10.1. The molecular formula is C38H74NO7P. The first-order valence-electron chi connectivity index (χ1n) is 19.1. The summed E-state index contributed by atoms with van der Waals surface area (Å²) >= 11 is 0. The van der Waals surface area contributed by atoms with Gasteiger partial charge in [0.2, 0.25) is 0 Å². The number of nitrogens with zero attached hydrogens (tertiary/aromatic N) is 1. The summed E-state index contributed by atoms with van der Waals surface area (Å²) in [5.74, 6) is -0.347. The SMILES string of the molecule is CCCC/C=C\CCCCCCCCOCC(COP(=O)([O-])OCC[N+](C)(C)C)OC(=O)CCCCCCC/C=C\CCCCCC. The third-order valence-corrected chi connectivity index (χ3v) is 8.94. The Balaban J connectivity index is 4.33. The van der Waals surface area contributed by atoms with E-state index in [2.05, 4.69) is 38.2 Å². The summed E-state index contributed by atoms with van der Waals surface area (Å²) in [5, 5.41) is 0. The van der Waals surface area contributed by atoms with Gasteiger partial charge in [-0.3, -0.25) is 9.36 Å². The second-order valence-electron chi connectivity index (χ2n) is 13.9. The van der Waals surface area contributed by atoms with Gasteiger partial charge < -0.3 is 27.9 Å². The molecule has 9 heteroatoms. The summed E-state index contributed by atoms with van der Waals surface area (Å²) in [6.07, 6.45) is 33.2. The molecule has 0 aromatic carbocycles. The van der Waals surface area contributed by atoms with E-state index in [0.29, 0.717) is 24.1 Å². The quantitative estimate of drug-likeness (QED) is 0.0215. The van der Waals surface area contributed by atoms with Crippen molar-refractivity contribution in [3.8, 4) is 0 Å². The summed E-state index contributed by atoms with van der Waals surface area (Å²) in [5.41, 5.74) is 0. The van der Waals surface area contributed by atoms with Gasteiger partial charge in [-0.15, -0.1) is 0 Å². The van der Waals surface area contributed by atoms with Crippen LogP contribution in [0.4, 0.5) is 0 Å². The van der Waals surface area contributed by atoms with Gasteiger partial charge in [0.05, 0.1) is 34.4 Å². The van der Waals surface area contributed by atoms with Crippen LogP contribution >= 0.6 is 7.82 Å². The molecule has 0 aromatic rings. The van der Waals surface area contributed by atoms with Gasteiger partial charge in [0, 0.05) is 13.0 Å². The zero-order valence-corrected chi connectivity index (χ0v) is 32.1. The molecule has 0 saturated carbocycles. The molecule has 0 amide bonds. The van der Waals surface area contributed by atoms with Crippen molar-refractivity contribution in [2.45, 2.75) is 161 Å². The minimum absolute atomic E-state index is 0.0240. The first-order chi connectivity index (χ1) is 22.6. The average Bonchev–Trinajstić information content (AvgIpc) is 3.01. The van der Waals surface area contributed by atoms with Crippen LogP contribution in [0.25, 0.3) is 0 Å². The van der Waals surface area contributed by atoms with E-state index in [4.69, 9.17) is 18.5 Å². The summed E-state index contributed by atoms with van der Waals surface area (Å²) < 4.78 is 34.4. The van der Waals surface area contributed by atoms with E-state index in [1.807, 2.05) is 21.1 Å². The van der Waals surface area contributed by atoms with Crippen molar-refractivity contribution in [1.29, 1.82) is 0 Å². The van der Waals surface area contributed by atoms with Crippen LogP contribution in [-0.2, 0) is 27.9 Å². The number of hydrogen-bond acceptors (Lipinski definition) is 7. The largest absolute Gasteiger partial charge is 0.756 e. The highest BCUT2D eigenvalue weighted by atomic mass is 31.2. The molecule has 0 saturated heterocycles. The molecule has 0 aliphatic heterocycles. The van der Waals surface area contributed by atoms with Crippen LogP contribution in [0.2, 0.25) is 0 Å². The van der Waals surface area contributed by atoms with Crippen molar-refractivity contribution in [3.05, 3.63) is 24.3 Å². The molecule has 0 aliphatic carbocycles. The first kappa shape index (κ1) is 46.0. The van der Waals surface area contributed by atoms with Crippen LogP contribution in [0.3, 0.4) is 0 Å². The van der Waals surface area contributed by atoms with Gasteiger partial charge in [-0.2, -0.15) is 0 Å². The Bertz CT molecular complexity index is 812. The zero-order chi connectivity index (χ0) is 34.9. The van der Waals surface area contributed by atoms with Crippen molar-refractivity contribution in [3.63, 3.8) is 0 Å². The highest BCUT2D eigenvalue weighted by Gasteiger charge is 2.20. The minimum atomic E-state index is -4.52. The number of unbranched alkanes of at least 4 members (excludes halogenated alkanes) is 17. The number of hydrogen-bond donors (Lipinski definition) is 0. The van der Waals surface area contributed by atoms with E-state index in [9.17, 15) is 14.3 Å². The second-order valence-corrected chi connectivity index (χ2v) is 15.3. The predicted molar refractivity (Wildman–Crippen MR) is 194 cm³/mol. The Labute approximate surface area is 290 Å². The topological polar surface area (TPSA) is 94.1 Å². The maximum atomic E-state index is 12.6. The van der Waals surface area contributed by atoms with E-state index in [0.717, 1.165) is 44.9 Å². The molecule has 8 nitrogen and oxygen atoms in total. The normalized spacial score (nSPS) is 14.3. The molecule has 278 valence electrons. The summed E-state index contributed by atoms with van der Waals surface area (Å²) in [6, 6.07) is 0. The Morgan fingerprint density at radius 3 is 1.68 bits per heavy atom. The van der Waals surface area contributed by atoms with Crippen LogP contribution in [0, 0.1) is 0 Å². The number of rotatable bonds is 35. The number of ether oxygens (including phenoxy) is 2. The van der Waals surface area contributed by atoms with Gasteiger partial charge in [-0.25, -0.2) is 0 Å². The molecular weight excluding hydrogens is 613 g/mol. The molecule has 0 aliphatic rings. The van der Waals surface area contributed by atoms with Crippen LogP contribution < -0.4 is 4.89 Å². The summed E-state index contributed by atoms with van der Waals surface area (Å²) in [4.78, 5) is 24.9. The van der Waals surface area contributed by atoms with Crippen molar-refractivity contribution in [2.24, 2.45) is 0 Å². The molecule has 0 bridgehead atoms. The molecule has 0 heterocycles. The van der Waals surface area contributed by atoms with Gasteiger partial charge in [0.25, 0.3) is 7.82 Å². The molecule has 47 heavy (non-hydrogen) atoms. The molecule has 0 spiro atoms. The van der Waals surface area contributed by atoms with Gasteiger partial charge >= 0.3 is 5.97 Å². The molecule has 0 fully saturated rings. The number of quaternary nitrogens is 1. The standard InChI is InChI=1S/C38H74NO7P/c1-6-8-10-12-14-16-18-20-21-23-25-27-29-31-38(40)46-37(36-45-47(41,42)44-34-32-39(3,4)5)35-43-33-30-28-26-24-22-19-17-15-13-11-9-7-2/h13,15-16,18,37H,6-12,14,17,19-36H2,1-5H3/b15-13-,18-16-. The third-order valence-electron chi connectivity index (χ3n) is 7.98. The zero-order valence-electron chi connectivity index (χ0n) is 31.2. The fourth-order valence-corrected chi connectivity index (χ4v) is 5.66. The van der Waals surface area contributed by atoms with Gasteiger partial charge in [0.15, 0.2) is 0 Å². The fraction of sp³-hybridized carbons (Fsp3) is 0.868. The molecule has 0 rings (SSSR count). The van der Waals surface area contributed by atoms with Gasteiger partial charge in [0.1, 0.15) is 19.3 Å². The highest BCUT2D eigenvalue weighted by Crippen LogP contribution is 2.38. The third kappa shape index (κ3) is 36.1. The number of allylic oxidation sites excluding steroid dienone is 4. The minimum Gasteiger partial charge on any atom is -0.756 e. The number of esters is 1. The summed E-state index contributed by atoms with van der Waals surface area (Å²) in [7, 11) is 1.35. The summed E-state index contributed by atoms with van der Waals surface area (Å²) in [6.45, 7) is 5.33. The van der Waals surface area contributed by atoms with Crippen molar-refractivity contribution >= 4 is 13.8 Å². The second kappa shape index (κ2) is 32.2. The lowest BCUT2D eigenvalue weighted by Crippen LogP contribution is -2.37. The van der Waals surface area contributed by atoms with Crippen LogP contribution in [0.5, 0.6) is 0 Å². The van der Waals surface area contributed by atoms with E-state index >= 15 is 0 Å². The Kier molecular flexibility index (Phi) is 31.5. The van der Waals surface area contributed by atoms with E-state index in [-0.39, 0.29) is 25.8 Å². The van der Waals surface area contributed by atoms with E-state index in [1.165, 1.54) is 89.9 Å². The lowest BCUT2D eigenvalue weighted by Gasteiger charge is -2.28. The predicted octanol–water partition coefficient (Wildman–Crippen LogP) is 9.86. The number of phosphoric ester groups is 1. The number of likely N-dealkylation sites (N-methyl/N-ethyl adjacent to an activating group) is 1. The highest BCUT2D eigenvalue weighted by molar-refractivity contribution is 7.45. The Morgan fingerprint density at radius 1 is 0.638 bits per heavy atom. The van der Waals surface area contributed by atoms with Crippen LogP contribution in [-0.4, -0.2) is 70.7 Å². The Hall–Kier alpha value is -1.02. The fourth-order valence-electron chi connectivity index (χ4n) is 4.93. The molecule has 0 N–H and O–H groups in total. The number of phosphoric acid groups is 1. The van der Waals surface area contributed by atoms with Gasteiger partial charge in [-0.1, -0.05) is 115 Å². The lowest BCUT2D eigenvalue weighted by molar-refractivity contribution is -0.870. The van der Waals surface area contributed by atoms with Crippen molar-refractivity contribution in [1.82, 2.24) is 0 Å². The van der Waals surface area contributed by atoms with Crippen molar-refractivity contribution in [2.75, 3.05) is 54.1 Å². The maximum Gasteiger partial charge on any atom is 0.306 e. The maximum absolute atomic E-state index is 12.6. The van der Waals surface area contributed by atoms with E-state index < -0.39 is 13.9 Å².